The van der Waals surface area contributed by atoms with Crippen LogP contribution in [0, 0.1) is 5.82 Å². The summed E-state index contributed by atoms with van der Waals surface area (Å²) in [7, 11) is 0. The van der Waals surface area contributed by atoms with E-state index >= 15 is 0 Å². The molecule has 0 aromatic heterocycles. The lowest BCUT2D eigenvalue weighted by Crippen LogP contribution is -2.22. The lowest BCUT2D eigenvalue weighted by atomic mass is 10.3. The molecule has 5 nitrogen and oxygen atoms in total. The monoisotopic (exact) mass is 333 g/mol. The van der Waals surface area contributed by atoms with Crippen molar-refractivity contribution in [3.8, 4) is 0 Å². The minimum absolute atomic E-state index is 0.0185. The van der Waals surface area contributed by atoms with E-state index in [1.165, 1.54) is 30.0 Å². The Morgan fingerprint density at radius 2 is 1.91 bits per heavy atom. The molecular weight excluding hydrogens is 317 g/mol. The molecule has 7 heteroatoms. The highest BCUT2D eigenvalue weighted by Crippen LogP contribution is 2.26. The van der Waals surface area contributed by atoms with Gasteiger partial charge < -0.3 is 16.4 Å². The second kappa shape index (κ2) is 8.19. The summed E-state index contributed by atoms with van der Waals surface area (Å²) in [6.07, 6.45) is 0. The number of nitrogens with one attached hydrogen (secondary N) is 2. The van der Waals surface area contributed by atoms with Crippen LogP contribution in [0.2, 0.25) is 0 Å². The number of nitrogens with two attached hydrogens (primary N) is 1. The van der Waals surface area contributed by atoms with Crippen LogP contribution in [0.5, 0.6) is 0 Å². The molecule has 120 valence electrons. The van der Waals surface area contributed by atoms with Crippen LogP contribution in [0.25, 0.3) is 0 Å². The summed E-state index contributed by atoms with van der Waals surface area (Å²) in [6, 6.07) is 13.0. The Labute approximate surface area is 137 Å². The number of hydrogen-bond acceptors (Lipinski definition) is 4. The normalized spacial score (nSPS) is 10.1. The Bertz CT molecular complexity index is 709. The van der Waals surface area contributed by atoms with Gasteiger partial charge in [0.2, 0.25) is 11.8 Å². The van der Waals surface area contributed by atoms with Crippen molar-refractivity contribution in [1.82, 2.24) is 0 Å². The van der Waals surface area contributed by atoms with Gasteiger partial charge in [-0.2, -0.15) is 0 Å². The quantitative estimate of drug-likeness (QED) is 0.680. The number of carbonyl (C=O) groups excluding carboxylic acids is 2. The van der Waals surface area contributed by atoms with Gasteiger partial charge in [-0.25, -0.2) is 4.39 Å². The molecule has 0 radical (unpaired) electrons. The van der Waals surface area contributed by atoms with E-state index in [-0.39, 0.29) is 18.2 Å². The summed E-state index contributed by atoms with van der Waals surface area (Å²) in [5.41, 5.74) is 6.26. The van der Waals surface area contributed by atoms with Crippen LogP contribution in [-0.2, 0) is 9.59 Å². The maximum Gasteiger partial charge on any atom is 0.243 e. The van der Waals surface area contributed by atoms with Gasteiger partial charge in [0.05, 0.1) is 12.3 Å². The number of para-hydroxylation sites is 1. The maximum absolute atomic E-state index is 13.1. The zero-order valence-electron chi connectivity index (χ0n) is 12.2. The fourth-order valence-corrected chi connectivity index (χ4v) is 2.60. The molecule has 0 fully saturated rings. The second-order valence-corrected chi connectivity index (χ2v) is 5.68. The lowest BCUT2D eigenvalue weighted by Gasteiger charge is -2.11. The number of halogens is 1. The summed E-state index contributed by atoms with van der Waals surface area (Å²) in [6.45, 7) is 0.0185. The van der Waals surface area contributed by atoms with Gasteiger partial charge in [0.25, 0.3) is 0 Å². The maximum atomic E-state index is 13.1. The predicted octanol–water partition coefficient (Wildman–Crippen LogP) is 2.45. The highest BCUT2D eigenvalue weighted by Gasteiger charge is 2.07. The van der Waals surface area contributed by atoms with Crippen LogP contribution in [0.3, 0.4) is 0 Å². The topological polar surface area (TPSA) is 84.2 Å². The molecule has 0 saturated carbocycles. The first-order valence-electron chi connectivity index (χ1n) is 6.84. The van der Waals surface area contributed by atoms with Crippen LogP contribution in [0.4, 0.5) is 15.8 Å². The predicted molar refractivity (Wildman–Crippen MR) is 89.9 cm³/mol. The third-order valence-corrected chi connectivity index (χ3v) is 3.90. The highest BCUT2D eigenvalue weighted by atomic mass is 32.2. The van der Waals surface area contributed by atoms with Crippen molar-refractivity contribution in [2.75, 3.05) is 22.9 Å². The van der Waals surface area contributed by atoms with Gasteiger partial charge in [-0.3, -0.25) is 9.59 Å². The molecule has 0 saturated heterocycles. The molecule has 2 rings (SSSR count). The molecule has 2 amide bonds. The summed E-state index contributed by atoms with van der Waals surface area (Å²) in [5.74, 6) is -0.961. The van der Waals surface area contributed by atoms with Crippen LogP contribution in [0.15, 0.2) is 53.4 Å². The molecule has 0 aliphatic rings. The molecule has 2 aromatic rings. The number of anilines is 2. The van der Waals surface area contributed by atoms with Crippen LogP contribution in [0.1, 0.15) is 0 Å². The Kier molecular flexibility index (Phi) is 5.99. The molecule has 23 heavy (non-hydrogen) atoms. The van der Waals surface area contributed by atoms with Crippen LogP contribution in [-0.4, -0.2) is 24.1 Å². The Balaban J connectivity index is 1.92. The molecule has 0 bridgehead atoms. The molecule has 0 heterocycles. The van der Waals surface area contributed by atoms with Gasteiger partial charge in [0.1, 0.15) is 5.82 Å². The lowest BCUT2D eigenvalue weighted by molar-refractivity contribution is -0.116. The van der Waals surface area contributed by atoms with Gasteiger partial charge in [0.15, 0.2) is 0 Å². The minimum atomic E-state index is -0.413. The van der Waals surface area contributed by atoms with Crippen LogP contribution >= 0.6 is 11.8 Å². The molecular formula is C16H16FN3O2S. The molecule has 0 aliphatic carbocycles. The second-order valence-electron chi connectivity index (χ2n) is 4.66. The minimum Gasteiger partial charge on any atom is -0.375 e. The molecule has 2 aromatic carbocycles. The molecule has 0 aliphatic heterocycles. The highest BCUT2D eigenvalue weighted by molar-refractivity contribution is 8.00. The fourth-order valence-electron chi connectivity index (χ4n) is 1.83. The van der Waals surface area contributed by atoms with Gasteiger partial charge in [-0.05, 0) is 30.3 Å². The first kappa shape index (κ1) is 16.8. The van der Waals surface area contributed by atoms with Crippen LogP contribution < -0.4 is 16.4 Å². The van der Waals surface area contributed by atoms with Crippen molar-refractivity contribution in [3.05, 3.63) is 54.3 Å². The third kappa shape index (κ3) is 5.63. The van der Waals surface area contributed by atoms with E-state index in [1.54, 1.807) is 12.1 Å². The number of primary amides is 1. The standard InChI is InChI=1S/C16H16FN3O2S/c17-11-4-3-5-12(8-11)20-16(22)9-19-13-6-1-2-7-14(13)23-10-15(18)21/h1-8,19H,9-10H2,(H2,18,21)(H,20,22). The van der Waals surface area contributed by atoms with E-state index in [0.717, 1.165) is 10.6 Å². The summed E-state index contributed by atoms with van der Waals surface area (Å²) >= 11 is 1.29. The number of thioether (sulfide) groups is 1. The van der Waals surface area contributed by atoms with E-state index in [9.17, 15) is 14.0 Å². The number of rotatable bonds is 7. The Morgan fingerprint density at radius 3 is 2.65 bits per heavy atom. The Morgan fingerprint density at radius 1 is 1.13 bits per heavy atom. The van der Waals surface area contributed by atoms with E-state index in [1.807, 2.05) is 18.2 Å². The Hall–Kier alpha value is -2.54. The summed E-state index contributed by atoms with van der Waals surface area (Å²) in [5, 5.41) is 5.59. The first-order chi connectivity index (χ1) is 11.0. The van der Waals surface area contributed by atoms with Gasteiger partial charge in [0, 0.05) is 16.3 Å². The number of carbonyl (C=O) groups is 2. The molecule has 0 unspecified atom stereocenters. The molecule has 0 atom stereocenters. The van der Waals surface area contributed by atoms with Gasteiger partial charge >= 0.3 is 0 Å². The van der Waals surface area contributed by atoms with Gasteiger partial charge in [-0.15, -0.1) is 11.8 Å². The first-order valence-corrected chi connectivity index (χ1v) is 7.82. The van der Waals surface area contributed by atoms with Crippen molar-refractivity contribution in [2.45, 2.75) is 4.90 Å². The molecule has 4 N–H and O–H groups in total. The van der Waals surface area contributed by atoms with E-state index in [2.05, 4.69) is 10.6 Å². The number of amides is 2. The zero-order valence-corrected chi connectivity index (χ0v) is 13.0. The fraction of sp³-hybridized carbons (Fsp3) is 0.125. The number of benzene rings is 2. The molecule has 0 spiro atoms. The van der Waals surface area contributed by atoms with Crippen molar-refractivity contribution in [2.24, 2.45) is 5.73 Å². The van der Waals surface area contributed by atoms with E-state index < -0.39 is 11.7 Å². The van der Waals surface area contributed by atoms with Crippen molar-refractivity contribution in [1.29, 1.82) is 0 Å². The van der Waals surface area contributed by atoms with Gasteiger partial charge in [-0.1, -0.05) is 18.2 Å². The van der Waals surface area contributed by atoms with Crippen molar-refractivity contribution in [3.63, 3.8) is 0 Å². The average Bonchev–Trinajstić information content (AvgIpc) is 2.51. The van der Waals surface area contributed by atoms with E-state index in [4.69, 9.17) is 5.73 Å². The number of hydrogen-bond donors (Lipinski definition) is 3. The largest absolute Gasteiger partial charge is 0.375 e. The van der Waals surface area contributed by atoms with E-state index in [0.29, 0.717) is 5.69 Å². The zero-order chi connectivity index (χ0) is 16.7. The third-order valence-electron chi connectivity index (χ3n) is 2.80. The SMILES string of the molecule is NC(=O)CSc1ccccc1NCC(=O)Nc1cccc(F)c1. The van der Waals surface area contributed by atoms with Crippen molar-refractivity contribution >= 4 is 35.0 Å². The summed E-state index contributed by atoms with van der Waals surface area (Å²) in [4.78, 5) is 23.6. The average molecular weight is 333 g/mol. The van der Waals surface area contributed by atoms with Crippen molar-refractivity contribution < 1.29 is 14.0 Å². The summed E-state index contributed by atoms with van der Waals surface area (Å²) < 4.78 is 13.1. The smallest absolute Gasteiger partial charge is 0.243 e.